The molecule has 4 heteroatoms. The van der Waals surface area contributed by atoms with Gasteiger partial charge >= 0.3 is 0 Å². The van der Waals surface area contributed by atoms with E-state index in [0.29, 0.717) is 5.75 Å². The van der Waals surface area contributed by atoms with Gasteiger partial charge in [-0.1, -0.05) is 23.8 Å². The predicted molar refractivity (Wildman–Crippen MR) is 78.0 cm³/mol. The van der Waals surface area contributed by atoms with E-state index in [-0.39, 0.29) is 12.0 Å². The number of benzene rings is 2. The summed E-state index contributed by atoms with van der Waals surface area (Å²) in [5, 5.41) is 9.91. The number of hydrogen-bond acceptors (Lipinski definition) is 2. The number of aliphatic hydroxyl groups excluding tert-OH is 1. The van der Waals surface area contributed by atoms with Crippen molar-refractivity contribution in [3.8, 4) is 0 Å². The summed E-state index contributed by atoms with van der Waals surface area (Å²) in [6, 6.07) is 11.7. The molecule has 1 nitrogen and oxygen atoms in total. The molecule has 0 fully saturated rings. The molecule has 0 aromatic heterocycles. The van der Waals surface area contributed by atoms with E-state index in [4.69, 9.17) is 0 Å². The maximum absolute atomic E-state index is 13.5. The Morgan fingerprint density at radius 2 is 1.65 bits per heavy atom. The second-order valence-electron chi connectivity index (χ2n) is 4.68. The van der Waals surface area contributed by atoms with Crippen molar-refractivity contribution in [2.24, 2.45) is 0 Å². The first-order chi connectivity index (χ1) is 9.56. The van der Waals surface area contributed by atoms with Crippen molar-refractivity contribution < 1.29 is 13.9 Å². The van der Waals surface area contributed by atoms with Crippen LogP contribution in [0.4, 0.5) is 8.78 Å². The van der Waals surface area contributed by atoms with E-state index in [1.807, 2.05) is 31.2 Å². The summed E-state index contributed by atoms with van der Waals surface area (Å²) in [6.07, 6.45) is -0.801. The fourth-order valence-electron chi connectivity index (χ4n) is 1.85. The lowest BCUT2D eigenvalue weighted by Crippen LogP contribution is -2.15. The molecule has 0 aliphatic rings. The van der Waals surface area contributed by atoms with Crippen LogP contribution in [0.15, 0.2) is 47.4 Å². The third kappa shape index (κ3) is 4.05. The van der Waals surface area contributed by atoms with E-state index in [2.05, 4.69) is 0 Å². The lowest BCUT2D eigenvalue weighted by molar-refractivity contribution is 0.197. The van der Waals surface area contributed by atoms with Gasteiger partial charge in [0.2, 0.25) is 0 Å². The second kappa shape index (κ2) is 6.86. The molecule has 1 N–H and O–H groups in total. The molecule has 0 saturated heterocycles. The SMILES string of the molecule is Cc1ccc(SCC(O)Cc2c(F)cccc2F)cc1. The zero-order chi connectivity index (χ0) is 14.5. The monoisotopic (exact) mass is 294 g/mol. The summed E-state index contributed by atoms with van der Waals surface area (Å²) >= 11 is 1.47. The van der Waals surface area contributed by atoms with Gasteiger partial charge in [-0.3, -0.25) is 0 Å². The molecule has 1 atom stereocenters. The van der Waals surface area contributed by atoms with E-state index in [9.17, 15) is 13.9 Å². The van der Waals surface area contributed by atoms with Gasteiger partial charge in [-0.05, 0) is 31.2 Å². The van der Waals surface area contributed by atoms with E-state index in [1.165, 1.54) is 35.5 Å². The van der Waals surface area contributed by atoms with Crippen LogP contribution >= 0.6 is 11.8 Å². The summed E-state index contributed by atoms with van der Waals surface area (Å²) in [4.78, 5) is 1.03. The molecule has 0 aliphatic carbocycles. The largest absolute Gasteiger partial charge is 0.392 e. The van der Waals surface area contributed by atoms with Crippen LogP contribution in [0, 0.1) is 18.6 Å². The quantitative estimate of drug-likeness (QED) is 0.842. The number of hydrogen-bond donors (Lipinski definition) is 1. The maximum atomic E-state index is 13.5. The highest BCUT2D eigenvalue weighted by Gasteiger charge is 2.14. The van der Waals surface area contributed by atoms with Crippen LogP contribution in [0.1, 0.15) is 11.1 Å². The highest BCUT2D eigenvalue weighted by atomic mass is 32.2. The molecule has 2 rings (SSSR count). The van der Waals surface area contributed by atoms with Crippen LogP contribution in [0.5, 0.6) is 0 Å². The highest BCUT2D eigenvalue weighted by Crippen LogP contribution is 2.21. The summed E-state index contributed by atoms with van der Waals surface area (Å²) < 4.78 is 26.9. The smallest absolute Gasteiger partial charge is 0.129 e. The lowest BCUT2D eigenvalue weighted by Gasteiger charge is -2.11. The van der Waals surface area contributed by atoms with Gasteiger partial charge in [0, 0.05) is 22.6 Å². The summed E-state index contributed by atoms with van der Waals surface area (Å²) in [5.74, 6) is -0.814. The number of halogens is 2. The Morgan fingerprint density at radius 1 is 1.05 bits per heavy atom. The van der Waals surface area contributed by atoms with Gasteiger partial charge in [-0.15, -0.1) is 11.8 Å². The molecular formula is C16H16F2OS. The van der Waals surface area contributed by atoms with Gasteiger partial charge in [0.15, 0.2) is 0 Å². The molecule has 0 bridgehead atoms. The van der Waals surface area contributed by atoms with E-state index >= 15 is 0 Å². The van der Waals surface area contributed by atoms with Gasteiger partial charge < -0.3 is 5.11 Å². The Morgan fingerprint density at radius 3 is 2.25 bits per heavy atom. The first kappa shape index (κ1) is 15.0. The topological polar surface area (TPSA) is 20.2 Å². The van der Waals surface area contributed by atoms with Crippen molar-refractivity contribution >= 4 is 11.8 Å². The first-order valence-electron chi connectivity index (χ1n) is 6.36. The summed E-state index contributed by atoms with van der Waals surface area (Å²) in [5.41, 5.74) is 1.12. The lowest BCUT2D eigenvalue weighted by atomic mass is 10.1. The number of aryl methyl sites for hydroxylation is 1. The molecular weight excluding hydrogens is 278 g/mol. The molecule has 20 heavy (non-hydrogen) atoms. The van der Waals surface area contributed by atoms with Crippen LogP contribution in [-0.4, -0.2) is 17.0 Å². The average molecular weight is 294 g/mol. The van der Waals surface area contributed by atoms with Crippen LogP contribution in [0.3, 0.4) is 0 Å². The van der Waals surface area contributed by atoms with Gasteiger partial charge in [0.05, 0.1) is 6.10 Å². The Balaban J connectivity index is 1.92. The normalized spacial score (nSPS) is 12.4. The fraction of sp³-hybridized carbons (Fsp3) is 0.250. The molecule has 106 valence electrons. The zero-order valence-corrected chi connectivity index (χ0v) is 12.0. The van der Waals surface area contributed by atoms with Gasteiger partial charge in [0.25, 0.3) is 0 Å². The van der Waals surface area contributed by atoms with Gasteiger partial charge in [0.1, 0.15) is 11.6 Å². The predicted octanol–water partition coefficient (Wildman–Crippen LogP) is 3.97. The molecule has 0 spiro atoms. The molecule has 2 aromatic rings. The summed E-state index contributed by atoms with van der Waals surface area (Å²) in [6.45, 7) is 2.00. The number of rotatable bonds is 5. The van der Waals surface area contributed by atoms with Gasteiger partial charge in [-0.25, -0.2) is 8.78 Å². The highest BCUT2D eigenvalue weighted by molar-refractivity contribution is 7.99. The van der Waals surface area contributed by atoms with Crippen molar-refractivity contribution in [1.82, 2.24) is 0 Å². The van der Waals surface area contributed by atoms with E-state index in [1.54, 1.807) is 0 Å². The zero-order valence-electron chi connectivity index (χ0n) is 11.1. The van der Waals surface area contributed by atoms with Crippen molar-refractivity contribution in [2.45, 2.75) is 24.3 Å². The Kier molecular flexibility index (Phi) is 5.15. The molecule has 1 unspecified atom stereocenters. The molecule has 0 radical (unpaired) electrons. The van der Waals surface area contributed by atoms with Crippen molar-refractivity contribution in [3.63, 3.8) is 0 Å². The van der Waals surface area contributed by atoms with Crippen LogP contribution in [0.2, 0.25) is 0 Å². The van der Waals surface area contributed by atoms with Crippen LogP contribution < -0.4 is 0 Å². The minimum absolute atomic E-state index is 0.0165. The Bertz CT molecular complexity index is 549. The van der Waals surface area contributed by atoms with E-state index < -0.39 is 17.7 Å². The maximum Gasteiger partial charge on any atom is 0.129 e. The van der Waals surface area contributed by atoms with Crippen LogP contribution in [0.25, 0.3) is 0 Å². The van der Waals surface area contributed by atoms with Gasteiger partial charge in [-0.2, -0.15) is 0 Å². The van der Waals surface area contributed by atoms with E-state index in [0.717, 1.165) is 4.90 Å². The molecule has 0 aliphatic heterocycles. The van der Waals surface area contributed by atoms with Crippen molar-refractivity contribution in [3.05, 3.63) is 65.2 Å². The number of aliphatic hydroxyl groups is 1. The minimum atomic E-state index is -0.785. The second-order valence-corrected chi connectivity index (χ2v) is 5.78. The Labute approximate surface area is 121 Å². The van der Waals surface area contributed by atoms with Crippen molar-refractivity contribution in [2.75, 3.05) is 5.75 Å². The standard InChI is InChI=1S/C16H16F2OS/c1-11-5-7-13(8-6-11)20-10-12(19)9-14-15(17)3-2-4-16(14)18/h2-8,12,19H,9-10H2,1H3. The van der Waals surface area contributed by atoms with Crippen molar-refractivity contribution in [1.29, 1.82) is 0 Å². The Hall–Kier alpha value is -1.39. The molecule has 0 saturated carbocycles. The number of thioether (sulfide) groups is 1. The molecule has 2 aromatic carbocycles. The third-order valence-electron chi connectivity index (χ3n) is 2.96. The first-order valence-corrected chi connectivity index (χ1v) is 7.35. The minimum Gasteiger partial charge on any atom is -0.392 e. The fourth-order valence-corrected chi connectivity index (χ4v) is 2.68. The molecule has 0 amide bonds. The third-order valence-corrected chi connectivity index (χ3v) is 4.12. The van der Waals surface area contributed by atoms with Crippen LogP contribution in [-0.2, 0) is 6.42 Å². The summed E-state index contributed by atoms with van der Waals surface area (Å²) in [7, 11) is 0. The average Bonchev–Trinajstić information content (AvgIpc) is 2.42. The molecule has 0 heterocycles.